The molecule has 1 aromatic heterocycles. The summed E-state index contributed by atoms with van der Waals surface area (Å²) < 4.78 is 0. The Bertz CT molecular complexity index is 443. The van der Waals surface area contributed by atoms with Gasteiger partial charge in [0, 0.05) is 12.6 Å². The average molecular weight is 230 g/mol. The normalized spacial score (nSPS) is 14.7. The number of nitriles is 1. The number of nitrogen functional groups attached to an aromatic ring is 1. The number of hydrogen-bond donors (Lipinski definition) is 1. The van der Waals surface area contributed by atoms with Crippen molar-refractivity contribution in [3.8, 4) is 6.07 Å². The van der Waals surface area contributed by atoms with Gasteiger partial charge in [0.2, 0.25) is 0 Å². The summed E-state index contributed by atoms with van der Waals surface area (Å²) in [5.74, 6) is 1.47. The smallest absolute Gasteiger partial charge is 0.165 e. The van der Waals surface area contributed by atoms with E-state index in [0.717, 1.165) is 12.4 Å². The Labute approximate surface area is 102 Å². The maximum absolute atomic E-state index is 8.95. The molecule has 0 amide bonds. The fourth-order valence-electron chi connectivity index (χ4n) is 1.92. The molecule has 0 saturated heterocycles. The molecule has 0 bridgehead atoms. The van der Waals surface area contributed by atoms with Gasteiger partial charge < -0.3 is 10.6 Å². The lowest BCUT2D eigenvalue weighted by molar-refractivity contribution is 0.602. The summed E-state index contributed by atoms with van der Waals surface area (Å²) >= 11 is 0. The minimum Gasteiger partial charge on any atom is -0.396 e. The Morgan fingerprint density at radius 2 is 2.24 bits per heavy atom. The SMILES string of the molecule is CC(C)CN(c1ccc(N)c(C#N)n1)C1CC1. The maximum Gasteiger partial charge on any atom is 0.165 e. The maximum atomic E-state index is 8.95. The molecule has 1 aliphatic carbocycles. The second kappa shape index (κ2) is 4.62. The lowest BCUT2D eigenvalue weighted by Gasteiger charge is -2.25. The Morgan fingerprint density at radius 1 is 1.53 bits per heavy atom. The Kier molecular flexibility index (Phi) is 3.19. The first-order chi connectivity index (χ1) is 8.11. The van der Waals surface area contributed by atoms with E-state index < -0.39 is 0 Å². The molecule has 0 unspecified atom stereocenters. The molecule has 1 heterocycles. The van der Waals surface area contributed by atoms with E-state index in [-0.39, 0.29) is 0 Å². The van der Waals surface area contributed by atoms with Crippen molar-refractivity contribution in [2.75, 3.05) is 17.2 Å². The van der Waals surface area contributed by atoms with Crippen LogP contribution < -0.4 is 10.6 Å². The minimum atomic E-state index is 0.330. The predicted octanol–water partition coefficient (Wildman–Crippen LogP) is 2.16. The van der Waals surface area contributed by atoms with Crippen molar-refractivity contribution in [2.24, 2.45) is 5.92 Å². The number of anilines is 2. The number of rotatable bonds is 4. The van der Waals surface area contributed by atoms with E-state index in [1.807, 2.05) is 12.1 Å². The molecule has 1 aliphatic rings. The molecule has 4 nitrogen and oxygen atoms in total. The zero-order chi connectivity index (χ0) is 12.4. The summed E-state index contributed by atoms with van der Waals surface area (Å²) in [5, 5.41) is 8.95. The third kappa shape index (κ3) is 2.68. The largest absolute Gasteiger partial charge is 0.396 e. The molecule has 0 aromatic carbocycles. The summed E-state index contributed by atoms with van der Waals surface area (Å²) in [5.41, 5.74) is 6.48. The van der Waals surface area contributed by atoms with Gasteiger partial charge in [-0.25, -0.2) is 4.98 Å². The van der Waals surface area contributed by atoms with Crippen LogP contribution >= 0.6 is 0 Å². The highest BCUT2D eigenvalue weighted by Crippen LogP contribution is 2.31. The van der Waals surface area contributed by atoms with E-state index in [4.69, 9.17) is 11.0 Å². The fraction of sp³-hybridized carbons (Fsp3) is 0.538. The van der Waals surface area contributed by atoms with E-state index in [1.54, 1.807) is 6.07 Å². The topological polar surface area (TPSA) is 65.9 Å². The van der Waals surface area contributed by atoms with Gasteiger partial charge in [0.1, 0.15) is 11.9 Å². The molecule has 17 heavy (non-hydrogen) atoms. The first-order valence-corrected chi connectivity index (χ1v) is 6.05. The molecule has 0 aliphatic heterocycles. The van der Waals surface area contributed by atoms with Crippen LogP contribution in [0.4, 0.5) is 11.5 Å². The van der Waals surface area contributed by atoms with Crippen LogP contribution in [-0.4, -0.2) is 17.6 Å². The first-order valence-electron chi connectivity index (χ1n) is 6.05. The molecular weight excluding hydrogens is 212 g/mol. The second-order valence-corrected chi connectivity index (χ2v) is 5.00. The Hall–Kier alpha value is -1.76. The molecule has 0 spiro atoms. The average Bonchev–Trinajstić information content (AvgIpc) is 3.10. The molecule has 90 valence electrons. The van der Waals surface area contributed by atoms with Crippen molar-refractivity contribution < 1.29 is 0 Å². The van der Waals surface area contributed by atoms with Gasteiger partial charge in [-0.2, -0.15) is 5.26 Å². The summed E-state index contributed by atoms with van der Waals surface area (Å²) in [6.07, 6.45) is 2.45. The van der Waals surface area contributed by atoms with Crippen molar-refractivity contribution in [1.29, 1.82) is 5.26 Å². The molecule has 1 saturated carbocycles. The van der Waals surface area contributed by atoms with Crippen molar-refractivity contribution in [2.45, 2.75) is 32.7 Å². The van der Waals surface area contributed by atoms with E-state index in [2.05, 4.69) is 23.7 Å². The fourth-order valence-corrected chi connectivity index (χ4v) is 1.92. The van der Waals surface area contributed by atoms with Gasteiger partial charge in [0.25, 0.3) is 0 Å². The van der Waals surface area contributed by atoms with Crippen molar-refractivity contribution in [3.63, 3.8) is 0 Å². The summed E-state index contributed by atoms with van der Waals surface area (Å²) in [7, 11) is 0. The van der Waals surface area contributed by atoms with Gasteiger partial charge in [0.15, 0.2) is 5.69 Å². The van der Waals surface area contributed by atoms with Gasteiger partial charge in [0.05, 0.1) is 5.69 Å². The van der Waals surface area contributed by atoms with Crippen LogP contribution in [0.25, 0.3) is 0 Å². The van der Waals surface area contributed by atoms with Crippen molar-refractivity contribution >= 4 is 11.5 Å². The molecule has 0 atom stereocenters. The summed E-state index contributed by atoms with van der Waals surface area (Å²) in [4.78, 5) is 6.64. The Morgan fingerprint density at radius 3 is 2.76 bits per heavy atom. The summed E-state index contributed by atoms with van der Waals surface area (Å²) in [6.45, 7) is 5.36. The van der Waals surface area contributed by atoms with Crippen LogP contribution in [0.2, 0.25) is 0 Å². The lowest BCUT2D eigenvalue weighted by Crippen LogP contribution is -2.30. The highest BCUT2D eigenvalue weighted by Gasteiger charge is 2.30. The third-order valence-electron chi connectivity index (χ3n) is 2.86. The van der Waals surface area contributed by atoms with Gasteiger partial charge in [-0.15, -0.1) is 0 Å². The molecule has 1 fully saturated rings. The van der Waals surface area contributed by atoms with Gasteiger partial charge in [-0.1, -0.05) is 13.8 Å². The van der Waals surface area contributed by atoms with Gasteiger partial charge >= 0.3 is 0 Å². The van der Waals surface area contributed by atoms with Crippen LogP contribution in [0.15, 0.2) is 12.1 Å². The van der Waals surface area contributed by atoms with E-state index >= 15 is 0 Å². The number of hydrogen-bond acceptors (Lipinski definition) is 4. The molecule has 2 N–H and O–H groups in total. The predicted molar refractivity (Wildman–Crippen MR) is 68.6 cm³/mol. The molecule has 4 heteroatoms. The van der Waals surface area contributed by atoms with E-state index in [9.17, 15) is 0 Å². The van der Waals surface area contributed by atoms with Gasteiger partial charge in [-0.05, 0) is 30.9 Å². The standard InChI is InChI=1S/C13H18N4/c1-9(2)8-17(10-3-4-10)13-6-5-11(15)12(7-14)16-13/h5-6,9-10H,3-4,8,15H2,1-2H3. The van der Waals surface area contributed by atoms with Gasteiger partial charge in [-0.3, -0.25) is 0 Å². The monoisotopic (exact) mass is 230 g/mol. The van der Waals surface area contributed by atoms with Crippen molar-refractivity contribution in [1.82, 2.24) is 4.98 Å². The number of nitrogens with two attached hydrogens (primary N) is 1. The minimum absolute atomic E-state index is 0.330. The molecule has 0 radical (unpaired) electrons. The Balaban J connectivity index is 2.26. The van der Waals surface area contributed by atoms with Crippen LogP contribution in [-0.2, 0) is 0 Å². The quantitative estimate of drug-likeness (QED) is 0.860. The highest BCUT2D eigenvalue weighted by molar-refractivity contribution is 5.56. The zero-order valence-electron chi connectivity index (χ0n) is 10.3. The number of aromatic nitrogens is 1. The lowest BCUT2D eigenvalue weighted by atomic mass is 10.2. The molecule has 2 rings (SSSR count). The first kappa shape index (κ1) is 11.7. The second-order valence-electron chi connectivity index (χ2n) is 5.00. The number of pyridine rings is 1. The van der Waals surface area contributed by atoms with Crippen LogP contribution in [0.1, 0.15) is 32.4 Å². The van der Waals surface area contributed by atoms with Crippen LogP contribution in [0.5, 0.6) is 0 Å². The van der Waals surface area contributed by atoms with E-state index in [1.165, 1.54) is 12.8 Å². The highest BCUT2D eigenvalue weighted by atomic mass is 15.2. The number of nitrogens with zero attached hydrogens (tertiary/aromatic N) is 3. The molecular formula is C13H18N4. The molecule has 1 aromatic rings. The van der Waals surface area contributed by atoms with E-state index in [0.29, 0.717) is 23.3 Å². The van der Waals surface area contributed by atoms with Crippen LogP contribution in [0.3, 0.4) is 0 Å². The zero-order valence-corrected chi connectivity index (χ0v) is 10.3. The van der Waals surface area contributed by atoms with Crippen LogP contribution in [0, 0.1) is 17.2 Å². The third-order valence-corrected chi connectivity index (χ3v) is 2.86. The summed E-state index contributed by atoms with van der Waals surface area (Å²) in [6, 6.07) is 6.33. The van der Waals surface area contributed by atoms with Crippen molar-refractivity contribution in [3.05, 3.63) is 17.8 Å².